The van der Waals surface area contributed by atoms with Gasteiger partial charge >= 0.3 is 5.69 Å². The SMILES string of the molecule is CCCn1c(=O)c2c(nc(C3CCCCC3)n2Cc2ccc(-c3ccccc3-c3nn[nH]n3)cc2)n(CCc2ccccc2)c1=O. The van der Waals surface area contributed by atoms with Crippen LogP contribution in [0.5, 0.6) is 0 Å². The molecule has 0 atom stereocenters. The maximum Gasteiger partial charge on any atom is 0.332 e. The van der Waals surface area contributed by atoms with Crippen molar-refractivity contribution in [2.45, 2.75) is 77.4 Å². The fourth-order valence-electron chi connectivity index (χ4n) is 6.83. The highest BCUT2D eigenvalue weighted by atomic mass is 16.2. The topological polar surface area (TPSA) is 116 Å². The van der Waals surface area contributed by atoms with Crippen molar-refractivity contribution in [2.75, 3.05) is 0 Å². The quantitative estimate of drug-likeness (QED) is 0.204. The second kappa shape index (κ2) is 13.1. The zero-order valence-electron chi connectivity index (χ0n) is 26.1. The third-order valence-corrected chi connectivity index (χ3v) is 9.15. The van der Waals surface area contributed by atoms with Crippen molar-refractivity contribution in [3.05, 3.63) is 117 Å². The molecule has 0 radical (unpaired) electrons. The minimum absolute atomic E-state index is 0.249. The number of hydrogen-bond donors (Lipinski definition) is 1. The van der Waals surface area contributed by atoms with Crippen molar-refractivity contribution >= 4 is 11.2 Å². The number of nitrogens with zero attached hydrogens (tertiary/aromatic N) is 7. The Morgan fingerprint density at radius 3 is 2.24 bits per heavy atom. The lowest BCUT2D eigenvalue weighted by Gasteiger charge is -2.22. The van der Waals surface area contributed by atoms with Crippen molar-refractivity contribution in [1.29, 1.82) is 0 Å². The van der Waals surface area contributed by atoms with E-state index < -0.39 is 0 Å². The molecular formula is C36H38N8O2. The number of rotatable bonds is 10. The number of aromatic nitrogens is 8. The summed E-state index contributed by atoms with van der Waals surface area (Å²) in [5, 5.41) is 14.6. The fraction of sp³-hybridized carbons (Fsp3) is 0.333. The van der Waals surface area contributed by atoms with Gasteiger partial charge in [0, 0.05) is 31.1 Å². The highest BCUT2D eigenvalue weighted by Gasteiger charge is 2.27. The van der Waals surface area contributed by atoms with E-state index in [0.29, 0.717) is 49.5 Å². The van der Waals surface area contributed by atoms with Crippen LogP contribution in [0.25, 0.3) is 33.7 Å². The summed E-state index contributed by atoms with van der Waals surface area (Å²) in [6.45, 7) is 3.32. The van der Waals surface area contributed by atoms with Crippen LogP contribution in [0.3, 0.4) is 0 Å². The molecule has 234 valence electrons. The average molecular weight is 615 g/mol. The Kier molecular flexibility index (Phi) is 8.41. The van der Waals surface area contributed by atoms with E-state index >= 15 is 0 Å². The van der Waals surface area contributed by atoms with Crippen molar-refractivity contribution in [3.63, 3.8) is 0 Å². The Labute approximate surface area is 266 Å². The predicted octanol–water partition coefficient (Wildman–Crippen LogP) is 5.96. The summed E-state index contributed by atoms with van der Waals surface area (Å²) in [7, 11) is 0. The average Bonchev–Trinajstić information content (AvgIpc) is 3.77. The molecule has 1 N–H and O–H groups in total. The van der Waals surface area contributed by atoms with Crippen LogP contribution in [-0.2, 0) is 26.1 Å². The molecule has 0 amide bonds. The van der Waals surface area contributed by atoms with Crippen molar-refractivity contribution in [2.24, 2.45) is 0 Å². The minimum atomic E-state index is -0.278. The van der Waals surface area contributed by atoms with Crippen LogP contribution in [0, 0.1) is 0 Å². The van der Waals surface area contributed by atoms with Gasteiger partial charge in [-0.3, -0.25) is 13.9 Å². The Bertz CT molecular complexity index is 2050. The van der Waals surface area contributed by atoms with Crippen LogP contribution in [-0.4, -0.2) is 39.3 Å². The van der Waals surface area contributed by atoms with Crippen molar-refractivity contribution in [3.8, 4) is 22.5 Å². The van der Waals surface area contributed by atoms with E-state index in [1.807, 2.05) is 43.3 Å². The normalized spacial score (nSPS) is 13.8. The number of H-pyrrole nitrogens is 1. The maximum atomic E-state index is 14.1. The number of tetrazole rings is 1. The van der Waals surface area contributed by atoms with Gasteiger partial charge in [-0.25, -0.2) is 9.78 Å². The Hall–Kier alpha value is -5.12. The highest BCUT2D eigenvalue weighted by molar-refractivity contribution is 5.80. The molecule has 7 rings (SSSR count). The van der Waals surface area contributed by atoms with Crippen molar-refractivity contribution < 1.29 is 0 Å². The van der Waals surface area contributed by atoms with E-state index in [1.54, 1.807) is 4.57 Å². The van der Waals surface area contributed by atoms with Gasteiger partial charge in [-0.15, -0.1) is 10.2 Å². The molecule has 3 aromatic heterocycles. The highest BCUT2D eigenvalue weighted by Crippen LogP contribution is 2.34. The zero-order chi connectivity index (χ0) is 31.5. The zero-order valence-corrected chi connectivity index (χ0v) is 26.1. The summed E-state index contributed by atoms with van der Waals surface area (Å²) in [4.78, 5) is 33.1. The number of aromatic amines is 1. The smallest absolute Gasteiger partial charge is 0.317 e. The van der Waals surface area contributed by atoms with Gasteiger partial charge in [0.1, 0.15) is 5.82 Å². The van der Waals surface area contributed by atoms with Crippen LogP contribution in [0.2, 0.25) is 0 Å². The van der Waals surface area contributed by atoms with E-state index in [-0.39, 0.29) is 17.2 Å². The molecule has 0 spiro atoms. The minimum Gasteiger partial charge on any atom is -0.317 e. The molecule has 3 aromatic carbocycles. The number of nitrogens with one attached hydrogen (secondary N) is 1. The van der Waals surface area contributed by atoms with Crippen LogP contribution < -0.4 is 11.2 Å². The Balaban J connectivity index is 1.32. The lowest BCUT2D eigenvalue weighted by molar-refractivity contribution is 0.419. The Morgan fingerprint density at radius 1 is 0.783 bits per heavy atom. The molecule has 1 fully saturated rings. The van der Waals surface area contributed by atoms with E-state index in [4.69, 9.17) is 4.98 Å². The first-order chi connectivity index (χ1) is 22.6. The van der Waals surface area contributed by atoms with Gasteiger partial charge in [0.15, 0.2) is 11.2 Å². The van der Waals surface area contributed by atoms with Crippen LogP contribution in [0.4, 0.5) is 0 Å². The second-order valence-electron chi connectivity index (χ2n) is 12.2. The number of fused-ring (bicyclic) bond motifs is 1. The lowest BCUT2D eigenvalue weighted by atomic mass is 9.88. The molecule has 10 nitrogen and oxygen atoms in total. The van der Waals surface area contributed by atoms with Crippen LogP contribution >= 0.6 is 0 Å². The molecule has 0 saturated heterocycles. The van der Waals surface area contributed by atoms with Crippen LogP contribution in [0.1, 0.15) is 68.3 Å². The van der Waals surface area contributed by atoms with E-state index in [2.05, 4.69) is 67.7 Å². The predicted molar refractivity (Wildman–Crippen MR) is 179 cm³/mol. The van der Waals surface area contributed by atoms with Gasteiger partial charge < -0.3 is 4.57 Å². The third kappa shape index (κ3) is 5.71. The second-order valence-corrected chi connectivity index (χ2v) is 12.2. The standard InChI is InChI=1S/C36H38N8O2/c1-2-22-43-35(45)31-34(42(36(43)46)23-21-25-11-5-3-6-12-25)37-33(28-13-7-4-8-14-28)44(31)24-26-17-19-27(20-18-26)29-15-9-10-16-30(29)32-38-40-41-39-32/h3,5-6,9-12,15-20,28H,2,4,7-8,13-14,21-24H2,1H3,(H,38,39,40,41). The Morgan fingerprint density at radius 2 is 1.52 bits per heavy atom. The monoisotopic (exact) mass is 614 g/mol. The van der Waals surface area contributed by atoms with Gasteiger partial charge in [-0.05, 0) is 53.2 Å². The van der Waals surface area contributed by atoms with Crippen LogP contribution in [0.15, 0.2) is 88.5 Å². The maximum absolute atomic E-state index is 14.1. The molecule has 1 aliphatic rings. The number of imidazole rings is 1. The largest absolute Gasteiger partial charge is 0.332 e. The lowest BCUT2D eigenvalue weighted by Crippen LogP contribution is -2.41. The summed E-state index contributed by atoms with van der Waals surface area (Å²) in [6.07, 6.45) is 6.94. The molecule has 1 saturated carbocycles. The summed E-state index contributed by atoms with van der Waals surface area (Å²) >= 11 is 0. The van der Waals surface area contributed by atoms with E-state index in [9.17, 15) is 9.59 Å². The van der Waals surface area contributed by atoms with Gasteiger partial charge in [-0.2, -0.15) is 5.21 Å². The van der Waals surface area contributed by atoms with Gasteiger partial charge in [0.25, 0.3) is 5.56 Å². The number of hydrogen-bond acceptors (Lipinski definition) is 6. The summed E-state index contributed by atoms with van der Waals surface area (Å²) in [6, 6.07) is 26.6. The fourth-order valence-corrected chi connectivity index (χ4v) is 6.83. The van der Waals surface area contributed by atoms with Gasteiger partial charge in [0.05, 0.1) is 0 Å². The molecule has 6 aromatic rings. The molecule has 0 bridgehead atoms. The first-order valence-corrected chi connectivity index (χ1v) is 16.3. The molecule has 0 unspecified atom stereocenters. The third-order valence-electron chi connectivity index (χ3n) is 9.15. The van der Waals surface area contributed by atoms with E-state index in [1.165, 1.54) is 11.0 Å². The van der Waals surface area contributed by atoms with Crippen molar-refractivity contribution in [1.82, 2.24) is 39.3 Å². The molecule has 1 aliphatic carbocycles. The van der Waals surface area contributed by atoms with Gasteiger partial charge in [-0.1, -0.05) is 105 Å². The molecular weight excluding hydrogens is 576 g/mol. The number of benzene rings is 3. The summed E-state index contributed by atoms with van der Waals surface area (Å²) in [5.74, 6) is 1.71. The number of aryl methyl sites for hydroxylation is 2. The van der Waals surface area contributed by atoms with Gasteiger partial charge in [0.2, 0.25) is 5.82 Å². The first kappa shape index (κ1) is 29.6. The molecule has 3 heterocycles. The molecule has 0 aliphatic heterocycles. The first-order valence-electron chi connectivity index (χ1n) is 16.3. The summed E-state index contributed by atoms with van der Waals surface area (Å²) in [5.41, 5.74) is 5.64. The molecule has 46 heavy (non-hydrogen) atoms. The summed E-state index contributed by atoms with van der Waals surface area (Å²) < 4.78 is 5.26. The van der Waals surface area contributed by atoms with E-state index in [0.717, 1.165) is 59.3 Å². The molecule has 10 heteroatoms.